The SMILES string of the molecule is O=C1CC(O)CN1Cc1nccs1. The van der Waals surface area contributed by atoms with Crippen LogP contribution < -0.4 is 0 Å². The van der Waals surface area contributed by atoms with E-state index in [4.69, 9.17) is 0 Å². The van der Waals surface area contributed by atoms with Gasteiger partial charge >= 0.3 is 0 Å². The van der Waals surface area contributed by atoms with Crippen LogP contribution in [0, 0.1) is 0 Å². The third-order valence-corrected chi connectivity index (χ3v) is 2.77. The third-order valence-electron chi connectivity index (χ3n) is 2.00. The van der Waals surface area contributed by atoms with Crippen molar-refractivity contribution in [2.24, 2.45) is 0 Å². The number of carbonyl (C=O) groups is 1. The highest BCUT2D eigenvalue weighted by molar-refractivity contribution is 7.09. The first-order chi connectivity index (χ1) is 6.25. The molecule has 1 N–H and O–H groups in total. The summed E-state index contributed by atoms with van der Waals surface area (Å²) in [6.07, 6.45) is 1.48. The number of carbonyl (C=O) groups excluding carboxylic acids is 1. The van der Waals surface area contributed by atoms with Gasteiger partial charge in [-0.1, -0.05) is 0 Å². The highest BCUT2D eigenvalue weighted by Gasteiger charge is 2.28. The molecule has 5 heteroatoms. The Kier molecular flexibility index (Phi) is 2.28. The average molecular weight is 198 g/mol. The van der Waals surface area contributed by atoms with Gasteiger partial charge in [0.2, 0.25) is 5.91 Å². The molecule has 70 valence electrons. The quantitative estimate of drug-likeness (QED) is 0.740. The molecule has 1 atom stereocenters. The predicted molar refractivity (Wildman–Crippen MR) is 48.2 cm³/mol. The van der Waals surface area contributed by atoms with Gasteiger partial charge in [0.15, 0.2) is 0 Å². The fourth-order valence-corrected chi connectivity index (χ4v) is 2.03. The summed E-state index contributed by atoms with van der Waals surface area (Å²) in [5.41, 5.74) is 0. The molecule has 1 aliphatic heterocycles. The molecule has 1 fully saturated rings. The van der Waals surface area contributed by atoms with Crippen molar-refractivity contribution in [2.75, 3.05) is 6.54 Å². The number of hydrogen-bond donors (Lipinski definition) is 1. The van der Waals surface area contributed by atoms with Crippen molar-refractivity contribution in [3.05, 3.63) is 16.6 Å². The van der Waals surface area contributed by atoms with Gasteiger partial charge < -0.3 is 10.0 Å². The molecular weight excluding hydrogens is 188 g/mol. The molecule has 0 aromatic carbocycles. The molecule has 1 unspecified atom stereocenters. The Bertz CT molecular complexity index is 299. The first-order valence-electron chi connectivity index (χ1n) is 4.10. The van der Waals surface area contributed by atoms with E-state index in [-0.39, 0.29) is 12.3 Å². The molecule has 0 saturated carbocycles. The highest BCUT2D eigenvalue weighted by atomic mass is 32.1. The Labute approximate surface area is 79.8 Å². The first-order valence-corrected chi connectivity index (χ1v) is 4.98. The molecule has 13 heavy (non-hydrogen) atoms. The van der Waals surface area contributed by atoms with Crippen LogP contribution in [0.15, 0.2) is 11.6 Å². The van der Waals surface area contributed by atoms with E-state index in [1.165, 1.54) is 11.3 Å². The number of amides is 1. The van der Waals surface area contributed by atoms with Gasteiger partial charge in [-0.05, 0) is 0 Å². The maximum absolute atomic E-state index is 11.3. The third kappa shape index (κ3) is 1.87. The zero-order valence-corrected chi connectivity index (χ0v) is 7.83. The van der Waals surface area contributed by atoms with Gasteiger partial charge in [0.25, 0.3) is 0 Å². The van der Waals surface area contributed by atoms with Crippen molar-refractivity contribution < 1.29 is 9.90 Å². The van der Waals surface area contributed by atoms with Crippen LogP contribution in [0.1, 0.15) is 11.4 Å². The fourth-order valence-electron chi connectivity index (χ4n) is 1.40. The van der Waals surface area contributed by atoms with Crippen molar-refractivity contribution in [2.45, 2.75) is 19.1 Å². The minimum Gasteiger partial charge on any atom is -0.391 e. The summed E-state index contributed by atoms with van der Waals surface area (Å²) in [5, 5.41) is 12.0. The second kappa shape index (κ2) is 3.43. The summed E-state index contributed by atoms with van der Waals surface area (Å²) >= 11 is 1.53. The topological polar surface area (TPSA) is 53.4 Å². The van der Waals surface area contributed by atoms with E-state index in [1.807, 2.05) is 5.38 Å². The smallest absolute Gasteiger partial charge is 0.225 e. The number of β-amino-alcohol motifs (C(OH)–C–C–N with tert-alkyl or cyclic N) is 1. The fraction of sp³-hybridized carbons (Fsp3) is 0.500. The van der Waals surface area contributed by atoms with E-state index >= 15 is 0 Å². The van der Waals surface area contributed by atoms with Crippen LogP contribution >= 0.6 is 11.3 Å². The van der Waals surface area contributed by atoms with Gasteiger partial charge in [0, 0.05) is 18.1 Å². The van der Waals surface area contributed by atoms with Crippen molar-refractivity contribution >= 4 is 17.2 Å². The van der Waals surface area contributed by atoms with E-state index in [2.05, 4.69) is 4.98 Å². The number of aromatic nitrogens is 1. The van der Waals surface area contributed by atoms with Crippen molar-refractivity contribution in [1.82, 2.24) is 9.88 Å². The van der Waals surface area contributed by atoms with Crippen LogP contribution in [-0.2, 0) is 11.3 Å². The number of nitrogens with zero attached hydrogens (tertiary/aromatic N) is 2. The Morgan fingerprint density at radius 2 is 2.62 bits per heavy atom. The summed E-state index contributed by atoms with van der Waals surface area (Å²) in [6, 6.07) is 0. The van der Waals surface area contributed by atoms with Gasteiger partial charge in [-0.3, -0.25) is 4.79 Å². The zero-order chi connectivity index (χ0) is 9.26. The van der Waals surface area contributed by atoms with Gasteiger partial charge in [0.1, 0.15) is 5.01 Å². The molecule has 0 radical (unpaired) electrons. The van der Waals surface area contributed by atoms with E-state index in [0.29, 0.717) is 13.1 Å². The van der Waals surface area contributed by atoms with E-state index < -0.39 is 6.10 Å². The van der Waals surface area contributed by atoms with Gasteiger partial charge in [-0.2, -0.15) is 0 Å². The molecule has 2 rings (SSSR count). The van der Waals surface area contributed by atoms with Gasteiger partial charge in [0.05, 0.1) is 19.1 Å². The standard InChI is InChI=1S/C8H10N2O2S/c11-6-3-8(12)10(4-6)5-7-9-1-2-13-7/h1-2,6,11H,3-5H2. The van der Waals surface area contributed by atoms with Crippen LogP contribution in [-0.4, -0.2) is 33.5 Å². The van der Waals surface area contributed by atoms with Crippen LogP contribution in [0.25, 0.3) is 0 Å². The zero-order valence-electron chi connectivity index (χ0n) is 7.01. The van der Waals surface area contributed by atoms with Crippen molar-refractivity contribution in [3.8, 4) is 0 Å². The number of aliphatic hydroxyl groups excluding tert-OH is 1. The molecule has 0 bridgehead atoms. The van der Waals surface area contributed by atoms with Crippen LogP contribution in [0.2, 0.25) is 0 Å². The van der Waals surface area contributed by atoms with E-state index in [0.717, 1.165) is 5.01 Å². The lowest BCUT2D eigenvalue weighted by molar-refractivity contribution is -0.128. The van der Waals surface area contributed by atoms with Crippen LogP contribution in [0.4, 0.5) is 0 Å². The summed E-state index contributed by atoms with van der Waals surface area (Å²) in [4.78, 5) is 17.0. The maximum atomic E-state index is 11.3. The summed E-state index contributed by atoms with van der Waals surface area (Å²) in [6.45, 7) is 0.978. The van der Waals surface area contributed by atoms with Gasteiger partial charge in [-0.25, -0.2) is 4.98 Å². The minimum absolute atomic E-state index is 0.0164. The molecule has 1 aromatic heterocycles. The van der Waals surface area contributed by atoms with Crippen molar-refractivity contribution in [1.29, 1.82) is 0 Å². The van der Waals surface area contributed by atoms with E-state index in [1.54, 1.807) is 11.1 Å². The molecule has 1 aliphatic rings. The number of aliphatic hydroxyl groups is 1. The highest BCUT2D eigenvalue weighted by Crippen LogP contribution is 2.15. The Hall–Kier alpha value is -0.940. The van der Waals surface area contributed by atoms with Crippen molar-refractivity contribution in [3.63, 3.8) is 0 Å². The lowest BCUT2D eigenvalue weighted by Crippen LogP contribution is -2.25. The van der Waals surface area contributed by atoms with Crippen LogP contribution in [0.5, 0.6) is 0 Å². The predicted octanol–water partition coefficient (Wildman–Crippen LogP) is 0.236. The molecule has 0 aliphatic carbocycles. The lowest BCUT2D eigenvalue weighted by atomic mass is 10.3. The molecule has 4 nitrogen and oxygen atoms in total. The summed E-state index contributed by atoms with van der Waals surface area (Å²) in [5.74, 6) is 0.0164. The summed E-state index contributed by atoms with van der Waals surface area (Å²) < 4.78 is 0. The Balaban J connectivity index is 1.99. The Morgan fingerprint density at radius 3 is 3.15 bits per heavy atom. The molecule has 1 aromatic rings. The largest absolute Gasteiger partial charge is 0.391 e. The molecule has 0 spiro atoms. The second-order valence-electron chi connectivity index (χ2n) is 3.06. The minimum atomic E-state index is -0.493. The molecule has 2 heterocycles. The number of thiazole rings is 1. The normalized spacial score (nSPS) is 22.7. The maximum Gasteiger partial charge on any atom is 0.225 e. The first kappa shape index (κ1) is 8.65. The van der Waals surface area contributed by atoms with Gasteiger partial charge in [-0.15, -0.1) is 11.3 Å². The number of rotatable bonds is 2. The molecular formula is C8H10N2O2S. The number of hydrogen-bond acceptors (Lipinski definition) is 4. The monoisotopic (exact) mass is 198 g/mol. The summed E-state index contributed by atoms with van der Waals surface area (Å²) in [7, 11) is 0. The number of likely N-dealkylation sites (tertiary alicyclic amines) is 1. The average Bonchev–Trinajstić information content (AvgIpc) is 2.63. The molecule has 1 saturated heterocycles. The molecule has 1 amide bonds. The van der Waals surface area contributed by atoms with E-state index in [9.17, 15) is 9.90 Å². The van der Waals surface area contributed by atoms with Crippen LogP contribution in [0.3, 0.4) is 0 Å². The lowest BCUT2D eigenvalue weighted by Gasteiger charge is -2.12. The second-order valence-corrected chi connectivity index (χ2v) is 4.04. The Morgan fingerprint density at radius 1 is 1.77 bits per heavy atom.